The summed E-state index contributed by atoms with van der Waals surface area (Å²) in [5, 5.41) is 0.549. The number of aromatic nitrogens is 1. The summed E-state index contributed by atoms with van der Waals surface area (Å²) in [6, 6.07) is 18.3. The Bertz CT molecular complexity index is 2010. The zero-order valence-electron chi connectivity index (χ0n) is 27.4. The molecule has 1 atom stereocenters. The van der Waals surface area contributed by atoms with Crippen molar-refractivity contribution in [2.75, 3.05) is 57.2 Å². The van der Waals surface area contributed by atoms with Gasteiger partial charge in [-0.05, 0) is 76.3 Å². The van der Waals surface area contributed by atoms with E-state index < -0.39 is 33.4 Å². The number of carbonyl (C=O) groups excluding carboxylic acids is 2. The first-order chi connectivity index (χ1) is 23.6. The SMILES string of the molecule is CCOc1ccccc1C1(OC(=O)N2CCN(C3CCN(C)CC3)CC2)C(=O)N(S(=O)(=O)c2cccc3cccnc23)c2ccc(F)cc21. The highest BCUT2D eigenvalue weighted by Crippen LogP contribution is 2.52. The molecule has 0 radical (unpaired) electrons. The molecule has 4 aromatic rings. The third-order valence-electron chi connectivity index (χ3n) is 9.74. The molecule has 3 aliphatic heterocycles. The highest BCUT2D eigenvalue weighted by Gasteiger charge is 2.61. The monoisotopic (exact) mass is 687 g/mol. The van der Waals surface area contributed by atoms with E-state index in [-0.39, 0.29) is 39.6 Å². The lowest BCUT2D eigenvalue weighted by atomic mass is 9.86. The Morgan fingerprint density at radius 1 is 0.939 bits per heavy atom. The summed E-state index contributed by atoms with van der Waals surface area (Å²) in [7, 11) is -2.57. The Morgan fingerprint density at radius 2 is 1.67 bits per heavy atom. The van der Waals surface area contributed by atoms with Crippen LogP contribution in [0.1, 0.15) is 30.9 Å². The number of nitrogens with zero attached hydrogens (tertiary/aromatic N) is 5. The van der Waals surface area contributed by atoms with Crippen molar-refractivity contribution in [3.05, 3.63) is 95.9 Å². The molecule has 1 unspecified atom stereocenters. The quantitative estimate of drug-likeness (QED) is 0.275. The van der Waals surface area contributed by atoms with Crippen LogP contribution in [0.15, 0.2) is 83.9 Å². The van der Waals surface area contributed by atoms with Gasteiger partial charge in [0.1, 0.15) is 16.5 Å². The average Bonchev–Trinajstić information content (AvgIpc) is 3.36. The lowest BCUT2D eigenvalue weighted by Crippen LogP contribution is -2.55. The van der Waals surface area contributed by atoms with Gasteiger partial charge < -0.3 is 19.3 Å². The maximum absolute atomic E-state index is 15.2. The number of piperazine rings is 1. The number of amides is 2. The molecule has 49 heavy (non-hydrogen) atoms. The molecular formula is C36H38FN5O6S. The van der Waals surface area contributed by atoms with Crippen LogP contribution >= 0.6 is 0 Å². The number of para-hydroxylation sites is 2. The molecule has 1 aromatic heterocycles. The Kier molecular flexibility index (Phi) is 8.76. The minimum absolute atomic E-state index is 0.0840. The Balaban J connectivity index is 1.31. The van der Waals surface area contributed by atoms with E-state index in [1.54, 1.807) is 55.5 Å². The van der Waals surface area contributed by atoms with E-state index in [1.807, 2.05) is 0 Å². The van der Waals surface area contributed by atoms with Crippen LogP contribution in [0.5, 0.6) is 5.75 Å². The highest BCUT2D eigenvalue weighted by atomic mass is 32.2. The van der Waals surface area contributed by atoms with E-state index in [9.17, 15) is 13.2 Å². The molecule has 256 valence electrons. The van der Waals surface area contributed by atoms with Crippen LogP contribution in [0.25, 0.3) is 10.9 Å². The van der Waals surface area contributed by atoms with Crippen LogP contribution in [0.3, 0.4) is 0 Å². The van der Waals surface area contributed by atoms with E-state index in [0.717, 1.165) is 38.1 Å². The number of rotatable bonds is 7. The molecule has 0 saturated carbocycles. The summed E-state index contributed by atoms with van der Waals surface area (Å²) < 4.78 is 57.2. The smallest absolute Gasteiger partial charge is 0.411 e. The molecule has 0 spiro atoms. The molecule has 2 fully saturated rings. The number of anilines is 1. The average molecular weight is 688 g/mol. The van der Waals surface area contributed by atoms with Crippen LogP contribution < -0.4 is 9.04 Å². The van der Waals surface area contributed by atoms with Crippen LogP contribution in [0.4, 0.5) is 14.9 Å². The first-order valence-corrected chi connectivity index (χ1v) is 18.0. The van der Waals surface area contributed by atoms with E-state index in [4.69, 9.17) is 9.47 Å². The van der Waals surface area contributed by atoms with Gasteiger partial charge in [-0.2, -0.15) is 4.31 Å². The normalized spacial score (nSPS) is 20.8. The van der Waals surface area contributed by atoms with Gasteiger partial charge in [-0.25, -0.2) is 17.6 Å². The number of benzene rings is 3. The fraction of sp³-hybridized carbons (Fsp3) is 0.361. The molecule has 0 aliphatic carbocycles. The molecule has 0 bridgehead atoms. The van der Waals surface area contributed by atoms with Gasteiger partial charge in [0.25, 0.3) is 15.9 Å². The minimum Gasteiger partial charge on any atom is -0.493 e. The molecule has 11 nitrogen and oxygen atoms in total. The van der Waals surface area contributed by atoms with Crippen molar-refractivity contribution in [2.24, 2.45) is 0 Å². The van der Waals surface area contributed by atoms with Crippen molar-refractivity contribution in [2.45, 2.75) is 36.3 Å². The molecule has 3 aromatic carbocycles. The van der Waals surface area contributed by atoms with Gasteiger partial charge in [0.15, 0.2) is 0 Å². The van der Waals surface area contributed by atoms with Crippen molar-refractivity contribution < 1.29 is 31.9 Å². The third-order valence-corrected chi connectivity index (χ3v) is 11.5. The standard InChI is InChI=1S/C36H38FN5O6S/c1-3-47-31-11-5-4-10-28(31)36(48-35(44)41-22-20-40(21-23-41)27-15-18-39(2)19-16-27)29-24-26(37)13-14-30(29)42(34(36)43)49(45,46)32-12-6-8-25-9-7-17-38-33(25)32/h4-14,17,24,27H,3,15-16,18-23H2,1-2H3. The topological polar surface area (TPSA) is 113 Å². The number of carbonyl (C=O) groups is 2. The second-order valence-corrected chi connectivity index (χ2v) is 14.4. The molecule has 2 amide bonds. The van der Waals surface area contributed by atoms with Gasteiger partial charge in [-0.3, -0.25) is 14.7 Å². The maximum Gasteiger partial charge on any atom is 0.411 e. The van der Waals surface area contributed by atoms with Gasteiger partial charge in [-0.1, -0.05) is 36.4 Å². The molecular weight excluding hydrogens is 649 g/mol. The van der Waals surface area contributed by atoms with Gasteiger partial charge in [0, 0.05) is 49.4 Å². The van der Waals surface area contributed by atoms with E-state index in [0.29, 0.717) is 41.9 Å². The van der Waals surface area contributed by atoms with Crippen molar-refractivity contribution in [3.8, 4) is 5.75 Å². The van der Waals surface area contributed by atoms with Gasteiger partial charge in [0.2, 0.25) is 5.60 Å². The second kappa shape index (κ2) is 13.0. The summed E-state index contributed by atoms with van der Waals surface area (Å²) in [6.07, 6.45) is 2.74. The largest absolute Gasteiger partial charge is 0.493 e. The molecule has 3 aliphatic rings. The van der Waals surface area contributed by atoms with Crippen molar-refractivity contribution >= 4 is 38.6 Å². The Hall–Kier alpha value is -4.59. The number of pyridine rings is 1. The number of likely N-dealkylation sites (tertiary alicyclic amines) is 1. The summed E-state index contributed by atoms with van der Waals surface area (Å²) in [5.74, 6) is -1.63. The minimum atomic E-state index is -4.69. The van der Waals surface area contributed by atoms with Gasteiger partial charge in [0.05, 0.1) is 23.4 Å². The predicted octanol–water partition coefficient (Wildman–Crippen LogP) is 4.60. The number of hydrogen-bond acceptors (Lipinski definition) is 9. The van der Waals surface area contributed by atoms with Crippen molar-refractivity contribution in [3.63, 3.8) is 0 Å². The fourth-order valence-corrected chi connectivity index (χ4v) is 8.86. The van der Waals surface area contributed by atoms with Gasteiger partial charge in [-0.15, -0.1) is 0 Å². The molecule has 2 saturated heterocycles. The van der Waals surface area contributed by atoms with E-state index >= 15 is 9.18 Å². The van der Waals surface area contributed by atoms with Crippen LogP contribution in [0.2, 0.25) is 0 Å². The first kappa shape index (κ1) is 32.9. The van der Waals surface area contributed by atoms with Crippen LogP contribution in [-0.4, -0.2) is 99.1 Å². The Morgan fingerprint density at radius 3 is 2.43 bits per heavy atom. The van der Waals surface area contributed by atoms with Crippen LogP contribution in [0, 0.1) is 5.82 Å². The first-order valence-electron chi connectivity index (χ1n) is 16.5. The fourth-order valence-electron chi connectivity index (χ4n) is 7.23. The number of hydrogen-bond donors (Lipinski definition) is 0. The summed E-state index contributed by atoms with van der Waals surface area (Å²) in [5.41, 5.74) is -2.41. The number of ether oxygens (including phenoxy) is 2. The summed E-state index contributed by atoms with van der Waals surface area (Å²) in [4.78, 5) is 39.5. The molecule has 13 heteroatoms. The van der Waals surface area contributed by atoms with E-state index in [2.05, 4.69) is 21.8 Å². The zero-order chi connectivity index (χ0) is 34.3. The predicted molar refractivity (Wildman–Crippen MR) is 181 cm³/mol. The number of fused-ring (bicyclic) bond motifs is 2. The number of halogens is 1. The zero-order valence-corrected chi connectivity index (χ0v) is 28.2. The number of piperidine rings is 1. The van der Waals surface area contributed by atoms with E-state index in [1.165, 1.54) is 23.2 Å². The summed E-state index contributed by atoms with van der Waals surface area (Å²) in [6.45, 7) is 5.94. The van der Waals surface area contributed by atoms with Crippen molar-refractivity contribution in [1.29, 1.82) is 0 Å². The van der Waals surface area contributed by atoms with Crippen molar-refractivity contribution in [1.82, 2.24) is 19.7 Å². The maximum atomic E-state index is 15.2. The number of sulfonamides is 1. The highest BCUT2D eigenvalue weighted by molar-refractivity contribution is 7.93. The van der Waals surface area contributed by atoms with Gasteiger partial charge >= 0.3 is 6.09 Å². The molecule has 7 rings (SSSR count). The third kappa shape index (κ3) is 5.69. The summed E-state index contributed by atoms with van der Waals surface area (Å²) >= 11 is 0. The second-order valence-electron chi connectivity index (χ2n) is 12.6. The van der Waals surface area contributed by atoms with Crippen LogP contribution in [-0.2, 0) is 25.2 Å². The lowest BCUT2D eigenvalue weighted by Gasteiger charge is -2.42. The molecule has 4 heterocycles. The molecule has 0 N–H and O–H groups in total. The Labute approximate surface area is 284 Å². The lowest BCUT2D eigenvalue weighted by molar-refractivity contribution is -0.132.